The van der Waals surface area contributed by atoms with Gasteiger partial charge >= 0.3 is 0 Å². The Bertz CT molecular complexity index is 606. The summed E-state index contributed by atoms with van der Waals surface area (Å²) in [6.07, 6.45) is 0. The van der Waals surface area contributed by atoms with E-state index in [1.807, 2.05) is 30.3 Å². The van der Waals surface area contributed by atoms with E-state index in [0.717, 1.165) is 5.56 Å². The molecule has 2 aromatic rings. The van der Waals surface area contributed by atoms with Crippen molar-refractivity contribution in [3.05, 3.63) is 59.7 Å². The second-order valence-corrected chi connectivity index (χ2v) is 3.85. The lowest BCUT2D eigenvalue weighted by Crippen LogP contribution is -2.15. The van der Waals surface area contributed by atoms with Crippen molar-refractivity contribution in [2.75, 3.05) is 0 Å². The van der Waals surface area contributed by atoms with Crippen molar-refractivity contribution >= 4 is 11.8 Å². The highest BCUT2D eigenvalue weighted by Gasteiger charge is 2.12. The molecule has 4 N–H and O–H groups in total. The zero-order valence-electron chi connectivity index (χ0n) is 9.59. The smallest absolute Gasteiger partial charge is 0.249 e. The molecular weight excluding hydrogens is 228 g/mol. The summed E-state index contributed by atoms with van der Waals surface area (Å²) >= 11 is 0. The van der Waals surface area contributed by atoms with Crippen molar-refractivity contribution in [1.82, 2.24) is 0 Å². The molecule has 0 aliphatic rings. The first-order valence-electron chi connectivity index (χ1n) is 5.38. The average Bonchev–Trinajstić information content (AvgIpc) is 2.39. The Kier molecular flexibility index (Phi) is 3.10. The van der Waals surface area contributed by atoms with Gasteiger partial charge in [0.2, 0.25) is 11.8 Å². The van der Waals surface area contributed by atoms with Crippen molar-refractivity contribution in [3.8, 4) is 11.1 Å². The van der Waals surface area contributed by atoms with Crippen molar-refractivity contribution < 1.29 is 9.59 Å². The van der Waals surface area contributed by atoms with E-state index in [-0.39, 0.29) is 0 Å². The fraction of sp³-hybridized carbons (Fsp3) is 0. The molecular formula is C14H12N2O2. The van der Waals surface area contributed by atoms with Gasteiger partial charge in [-0.05, 0) is 29.3 Å². The molecule has 4 nitrogen and oxygen atoms in total. The number of nitrogens with two attached hydrogens (primary N) is 2. The third kappa shape index (κ3) is 2.22. The van der Waals surface area contributed by atoms with Crippen LogP contribution in [0.5, 0.6) is 0 Å². The molecule has 0 aliphatic heterocycles. The average molecular weight is 240 g/mol. The SMILES string of the molecule is NC(=O)c1ccc(C(N)=O)c(-c2ccccc2)c1. The molecule has 0 saturated heterocycles. The zero-order valence-corrected chi connectivity index (χ0v) is 9.59. The molecule has 0 radical (unpaired) electrons. The Morgan fingerprint density at radius 3 is 2.06 bits per heavy atom. The first kappa shape index (κ1) is 11.9. The van der Waals surface area contributed by atoms with Crippen molar-refractivity contribution in [2.24, 2.45) is 11.5 Å². The second kappa shape index (κ2) is 4.71. The molecule has 2 aromatic carbocycles. The van der Waals surface area contributed by atoms with Gasteiger partial charge in [0.15, 0.2) is 0 Å². The number of carbonyl (C=O) groups is 2. The fourth-order valence-electron chi connectivity index (χ4n) is 1.77. The Morgan fingerprint density at radius 1 is 0.833 bits per heavy atom. The summed E-state index contributed by atoms with van der Waals surface area (Å²) in [5.41, 5.74) is 12.7. The van der Waals surface area contributed by atoms with Crippen LogP contribution >= 0.6 is 0 Å². The quantitative estimate of drug-likeness (QED) is 0.852. The lowest BCUT2D eigenvalue weighted by Gasteiger charge is -2.08. The first-order chi connectivity index (χ1) is 8.59. The molecule has 0 bridgehead atoms. The van der Waals surface area contributed by atoms with Crippen LogP contribution in [0.2, 0.25) is 0 Å². The van der Waals surface area contributed by atoms with Crippen LogP contribution in [0.4, 0.5) is 0 Å². The molecule has 0 aliphatic carbocycles. The van der Waals surface area contributed by atoms with Gasteiger partial charge in [0, 0.05) is 11.1 Å². The van der Waals surface area contributed by atoms with E-state index in [1.165, 1.54) is 12.1 Å². The van der Waals surface area contributed by atoms with Crippen molar-refractivity contribution in [2.45, 2.75) is 0 Å². The molecule has 0 atom stereocenters. The van der Waals surface area contributed by atoms with E-state index < -0.39 is 11.8 Å². The predicted octanol–water partition coefficient (Wildman–Crippen LogP) is 1.55. The molecule has 4 heteroatoms. The van der Waals surface area contributed by atoms with Crippen LogP contribution in [0, 0.1) is 0 Å². The highest BCUT2D eigenvalue weighted by molar-refractivity contribution is 6.02. The Balaban J connectivity index is 2.65. The molecule has 0 aromatic heterocycles. The van der Waals surface area contributed by atoms with Gasteiger partial charge in [0.25, 0.3) is 0 Å². The number of primary amides is 2. The number of hydrogen-bond donors (Lipinski definition) is 2. The van der Waals surface area contributed by atoms with Crippen molar-refractivity contribution in [1.29, 1.82) is 0 Å². The van der Waals surface area contributed by atoms with Gasteiger partial charge in [-0.15, -0.1) is 0 Å². The molecule has 90 valence electrons. The highest BCUT2D eigenvalue weighted by atomic mass is 16.1. The Morgan fingerprint density at radius 2 is 1.50 bits per heavy atom. The first-order valence-corrected chi connectivity index (χ1v) is 5.38. The normalized spacial score (nSPS) is 10.0. The Hall–Kier alpha value is -2.62. The minimum Gasteiger partial charge on any atom is -0.366 e. The predicted molar refractivity (Wildman–Crippen MR) is 68.9 cm³/mol. The van der Waals surface area contributed by atoms with Crippen LogP contribution in [-0.4, -0.2) is 11.8 Å². The molecule has 2 rings (SSSR count). The lowest BCUT2D eigenvalue weighted by atomic mass is 9.97. The van der Waals surface area contributed by atoms with Crippen LogP contribution in [0.3, 0.4) is 0 Å². The number of amides is 2. The molecule has 0 saturated carbocycles. The number of benzene rings is 2. The maximum atomic E-state index is 11.4. The van der Waals surface area contributed by atoms with Gasteiger partial charge in [-0.1, -0.05) is 30.3 Å². The van der Waals surface area contributed by atoms with E-state index in [9.17, 15) is 9.59 Å². The van der Waals surface area contributed by atoms with Gasteiger partial charge in [-0.2, -0.15) is 0 Å². The maximum absolute atomic E-state index is 11.4. The van der Waals surface area contributed by atoms with E-state index in [0.29, 0.717) is 16.7 Å². The van der Waals surface area contributed by atoms with Crippen LogP contribution < -0.4 is 11.5 Å². The fourth-order valence-corrected chi connectivity index (χ4v) is 1.77. The minimum absolute atomic E-state index is 0.346. The molecule has 18 heavy (non-hydrogen) atoms. The summed E-state index contributed by atoms with van der Waals surface area (Å²) in [6.45, 7) is 0. The summed E-state index contributed by atoms with van der Waals surface area (Å²) in [4.78, 5) is 22.6. The van der Waals surface area contributed by atoms with Crippen LogP contribution in [0.15, 0.2) is 48.5 Å². The van der Waals surface area contributed by atoms with Gasteiger partial charge in [0.05, 0.1) is 0 Å². The number of hydrogen-bond acceptors (Lipinski definition) is 2. The summed E-state index contributed by atoms with van der Waals surface area (Å²) in [5.74, 6) is -1.08. The van der Waals surface area contributed by atoms with Gasteiger partial charge in [0.1, 0.15) is 0 Å². The van der Waals surface area contributed by atoms with Gasteiger partial charge < -0.3 is 11.5 Å². The lowest BCUT2D eigenvalue weighted by molar-refractivity contribution is 0.0989. The molecule has 0 unspecified atom stereocenters. The van der Waals surface area contributed by atoms with E-state index in [2.05, 4.69) is 0 Å². The second-order valence-electron chi connectivity index (χ2n) is 3.85. The third-order valence-corrected chi connectivity index (χ3v) is 2.65. The zero-order chi connectivity index (χ0) is 13.1. The largest absolute Gasteiger partial charge is 0.366 e. The molecule has 0 heterocycles. The van der Waals surface area contributed by atoms with Crippen LogP contribution in [0.25, 0.3) is 11.1 Å². The monoisotopic (exact) mass is 240 g/mol. The van der Waals surface area contributed by atoms with E-state index in [4.69, 9.17) is 11.5 Å². The summed E-state index contributed by atoms with van der Waals surface area (Å²) < 4.78 is 0. The van der Waals surface area contributed by atoms with Crippen LogP contribution in [0.1, 0.15) is 20.7 Å². The van der Waals surface area contributed by atoms with E-state index >= 15 is 0 Å². The molecule has 2 amide bonds. The Labute approximate surface area is 104 Å². The summed E-state index contributed by atoms with van der Waals surface area (Å²) in [7, 11) is 0. The number of rotatable bonds is 3. The summed E-state index contributed by atoms with van der Waals surface area (Å²) in [6, 6.07) is 13.8. The third-order valence-electron chi connectivity index (χ3n) is 2.65. The standard InChI is InChI=1S/C14H12N2O2/c15-13(17)10-6-7-11(14(16)18)12(8-10)9-4-2-1-3-5-9/h1-8H,(H2,15,17)(H2,16,18). The molecule has 0 fully saturated rings. The minimum atomic E-state index is -0.539. The molecule has 0 spiro atoms. The highest BCUT2D eigenvalue weighted by Crippen LogP contribution is 2.24. The van der Waals surface area contributed by atoms with Crippen LogP contribution in [-0.2, 0) is 0 Å². The van der Waals surface area contributed by atoms with Gasteiger partial charge in [-0.3, -0.25) is 9.59 Å². The van der Waals surface area contributed by atoms with Gasteiger partial charge in [-0.25, -0.2) is 0 Å². The topological polar surface area (TPSA) is 86.2 Å². The summed E-state index contributed by atoms with van der Waals surface area (Å²) in [5, 5.41) is 0. The maximum Gasteiger partial charge on any atom is 0.249 e. The van der Waals surface area contributed by atoms with Crippen molar-refractivity contribution in [3.63, 3.8) is 0 Å². The number of carbonyl (C=O) groups excluding carboxylic acids is 2. The van der Waals surface area contributed by atoms with E-state index in [1.54, 1.807) is 6.07 Å².